The van der Waals surface area contributed by atoms with Gasteiger partial charge in [0.1, 0.15) is 0 Å². The smallest absolute Gasteiger partial charge is 0.384 e. The molecule has 26 heavy (non-hydrogen) atoms. The molecule has 9 heteroatoms. The van der Waals surface area contributed by atoms with Crippen molar-refractivity contribution in [1.82, 2.24) is 19.9 Å². The lowest BCUT2D eigenvalue weighted by molar-refractivity contribution is -0.138. The average molecular weight is 368 g/mol. The number of carbonyl (C=O) groups is 1. The van der Waals surface area contributed by atoms with Crippen molar-refractivity contribution in [3.8, 4) is 0 Å². The van der Waals surface area contributed by atoms with Crippen LogP contribution in [-0.2, 0) is 17.5 Å². The molecule has 0 N–H and O–H groups in total. The SMILES string of the molecule is COC[C@H]1CCN(C(=O)c2cn(Cc3ccccc3C(F)(F)F)nn2)C1. The minimum atomic E-state index is -4.44. The van der Waals surface area contributed by atoms with Crippen molar-refractivity contribution < 1.29 is 22.7 Å². The maximum absolute atomic E-state index is 13.1. The fourth-order valence-corrected chi connectivity index (χ4v) is 3.13. The van der Waals surface area contributed by atoms with Crippen LogP contribution in [0.25, 0.3) is 0 Å². The zero-order valence-corrected chi connectivity index (χ0v) is 14.2. The number of benzene rings is 1. The number of halogens is 3. The number of carbonyl (C=O) groups excluding carboxylic acids is 1. The molecule has 1 atom stereocenters. The molecule has 140 valence electrons. The van der Waals surface area contributed by atoms with E-state index in [-0.39, 0.29) is 29.6 Å². The Balaban J connectivity index is 1.70. The number of rotatable bonds is 5. The Labute approximate surface area is 148 Å². The number of likely N-dealkylation sites (tertiary alicyclic amines) is 1. The molecule has 0 unspecified atom stereocenters. The number of nitrogens with zero attached hydrogens (tertiary/aromatic N) is 4. The monoisotopic (exact) mass is 368 g/mol. The van der Waals surface area contributed by atoms with Crippen LogP contribution in [0, 0.1) is 5.92 Å². The largest absolute Gasteiger partial charge is 0.416 e. The van der Waals surface area contributed by atoms with Crippen LogP contribution in [0.2, 0.25) is 0 Å². The van der Waals surface area contributed by atoms with Gasteiger partial charge in [-0.3, -0.25) is 4.79 Å². The van der Waals surface area contributed by atoms with E-state index in [2.05, 4.69) is 10.3 Å². The lowest BCUT2D eigenvalue weighted by atomic mass is 10.1. The van der Waals surface area contributed by atoms with Crippen molar-refractivity contribution in [3.05, 3.63) is 47.3 Å². The number of alkyl halides is 3. The molecule has 1 fully saturated rings. The molecule has 1 aromatic carbocycles. The van der Waals surface area contributed by atoms with Gasteiger partial charge in [0.05, 0.1) is 24.9 Å². The van der Waals surface area contributed by atoms with Crippen molar-refractivity contribution in [2.75, 3.05) is 26.8 Å². The van der Waals surface area contributed by atoms with Crippen molar-refractivity contribution in [2.24, 2.45) is 5.92 Å². The topological polar surface area (TPSA) is 60.2 Å². The highest BCUT2D eigenvalue weighted by Gasteiger charge is 2.33. The molecule has 6 nitrogen and oxygen atoms in total. The fraction of sp³-hybridized carbons (Fsp3) is 0.471. The van der Waals surface area contributed by atoms with Gasteiger partial charge in [-0.2, -0.15) is 13.2 Å². The maximum atomic E-state index is 13.1. The molecule has 1 aliphatic heterocycles. The summed E-state index contributed by atoms with van der Waals surface area (Å²) in [6.45, 7) is 1.67. The van der Waals surface area contributed by atoms with E-state index in [0.29, 0.717) is 19.7 Å². The number of amides is 1. The van der Waals surface area contributed by atoms with Gasteiger partial charge in [0.15, 0.2) is 5.69 Å². The molecule has 2 heterocycles. The van der Waals surface area contributed by atoms with E-state index >= 15 is 0 Å². The van der Waals surface area contributed by atoms with Crippen LogP contribution < -0.4 is 0 Å². The summed E-state index contributed by atoms with van der Waals surface area (Å²) in [6, 6.07) is 5.29. The first kappa shape index (κ1) is 18.4. The van der Waals surface area contributed by atoms with Crippen LogP contribution in [0.4, 0.5) is 13.2 Å². The standard InChI is InChI=1S/C17H19F3N4O2/c1-26-11-12-6-7-23(8-12)16(25)15-10-24(22-21-15)9-13-4-2-3-5-14(13)17(18,19)20/h2-5,10,12H,6-9,11H2,1H3/t12-/m0/s1. The van der Waals surface area contributed by atoms with Crippen molar-refractivity contribution in [2.45, 2.75) is 19.1 Å². The highest BCUT2D eigenvalue weighted by Crippen LogP contribution is 2.32. The summed E-state index contributed by atoms with van der Waals surface area (Å²) in [5.41, 5.74) is -0.511. The molecule has 0 bridgehead atoms. The Kier molecular flexibility index (Phi) is 5.26. The summed E-state index contributed by atoms with van der Waals surface area (Å²) in [5.74, 6) is 0.0246. The first-order chi connectivity index (χ1) is 12.4. The van der Waals surface area contributed by atoms with Crippen molar-refractivity contribution >= 4 is 5.91 Å². The molecule has 1 amide bonds. The van der Waals surface area contributed by atoms with E-state index in [1.165, 1.54) is 29.1 Å². The highest BCUT2D eigenvalue weighted by atomic mass is 19.4. The zero-order chi connectivity index (χ0) is 18.7. The van der Waals surface area contributed by atoms with Gasteiger partial charge in [-0.1, -0.05) is 23.4 Å². The third-order valence-electron chi connectivity index (χ3n) is 4.39. The summed E-state index contributed by atoms with van der Waals surface area (Å²) in [7, 11) is 1.62. The molecule has 0 spiro atoms. The van der Waals surface area contributed by atoms with E-state index in [1.54, 1.807) is 12.0 Å². The van der Waals surface area contributed by atoms with Crippen molar-refractivity contribution in [3.63, 3.8) is 0 Å². The Bertz CT molecular complexity index is 775. The normalized spacial score (nSPS) is 17.7. The first-order valence-electron chi connectivity index (χ1n) is 8.22. The Morgan fingerprint density at radius 2 is 2.12 bits per heavy atom. The Morgan fingerprint density at radius 1 is 1.35 bits per heavy atom. The van der Waals surface area contributed by atoms with Gasteiger partial charge in [-0.05, 0) is 18.1 Å². The van der Waals surface area contributed by atoms with Crippen molar-refractivity contribution in [1.29, 1.82) is 0 Å². The molecule has 1 aromatic heterocycles. The van der Waals surface area contributed by atoms with Crippen LogP contribution in [-0.4, -0.2) is 52.6 Å². The van der Waals surface area contributed by atoms with Gasteiger partial charge in [0.25, 0.3) is 5.91 Å². The lowest BCUT2D eigenvalue weighted by Crippen LogP contribution is -2.29. The van der Waals surface area contributed by atoms with Gasteiger partial charge >= 0.3 is 6.18 Å². The predicted molar refractivity (Wildman–Crippen MR) is 86.5 cm³/mol. The van der Waals surface area contributed by atoms with Crippen LogP contribution in [0.15, 0.2) is 30.5 Å². The van der Waals surface area contributed by atoms with Gasteiger partial charge < -0.3 is 9.64 Å². The minimum absolute atomic E-state index is 0.0743. The maximum Gasteiger partial charge on any atom is 0.416 e. The van der Waals surface area contributed by atoms with Crippen LogP contribution >= 0.6 is 0 Å². The Morgan fingerprint density at radius 3 is 2.85 bits per heavy atom. The first-order valence-corrected chi connectivity index (χ1v) is 8.22. The van der Waals surface area contributed by atoms with E-state index < -0.39 is 11.7 Å². The molecule has 0 radical (unpaired) electrons. The fourth-order valence-electron chi connectivity index (χ4n) is 3.13. The summed E-state index contributed by atoms with van der Waals surface area (Å²) >= 11 is 0. The van der Waals surface area contributed by atoms with E-state index in [0.717, 1.165) is 12.5 Å². The summed E-state index contributed by atoms with van der Waals surface area (Å²) in [4.78, 5) is 14.1. The second kappa shape index (κ2) is 7.45. The lowest BCUT2D eigenvalue weighted by Gasteiger charge is -2.14. The zero-order valence-electron chi connectivity index (χ0n) is 14.2. The average Bonchev–Trinajstić information content (AvgIpc) is 3.24. The molecule has 3 rings (SSSR count). The molecule has 1 aliphatic rings. The summed E-state index contributed by atoms with van der Waals surface area (Å²) in [5, 5.41) is 7.64. The molecule has 2 aromatic rings. The second-order valence-corrected chi connectivity index (χ2v) is 6.32. The van der Waals surface area contributed by atoms with E-state index in [1.807, 2.05) is 0 Å². The number of aromatic nitrogens is 3. The summed E-state index contributed by atoms with van der Waals surface area (Å²) in [6.07, 6.45) is -2.20. The minimum Gasteiger partial charge on any atom is -0.384 e. The van der Waals surface area contributed by atoms with Gasteiger partial charge in [0.2, 0.25) is 0 Å². The molecular formula is C17H19F3N4O2. The Hall–Kier alpha value is -2.42. The third-order valence-corrected chi connectivity index (χ3v) is 4.39. The molecule has 1 saturated heterocycles. The van der Waals surface area contributed by atoms with E-state index in [4.69, 9.17) is 4.74 Å². The number of hydrogen-bond acceptors (Lipinski definition) is 4. The number of ether oxygens (including phenoxy) is 1. The van der Waals surface area contributed by atoms with Gasteiger partial charge in [-0.15, -0.1) is 5.10 Å². The molecular weight excluding hydrogens is 349 g/mol. The predicted octanol–water partition coefficient (Wildman–Crippen LogP) is 2.45. The van der Waals surface area contributed by atoms with Crippen LogP contribution in [0.5, 0.6) is 0 Å². The van der Waals surface area contributed by atoms with Crippen LogP contribution in [0.3, 0.4) is 0 Å². The molecule has 0 saturated carbocycles. The van der Waals surface area contributed by atoms with E-state index in [9.17, 15) is 18.0 Å². The van der Waals surface area contributed by atoms with Gasteiger partial charge in [0, 0.05) is 26.1 Å². The second-order valence-electron chi connectivity index (χ2n) is 6.32. The van der Waals surface area contributed by atoms with Gasteiger partial charge in [-0.25, -0.2) is 4.68 Å². The molecule has 0 aliphatic carbocycles. The van der Waals surface area contributed by atoms with Crippen LogP contribution in [0.1, 0.15) is 28.0 Å². The highest BCUT2D eigenvalue weighted by molar-refractivity contribution is 5.92. The quantitative estimate of drug-likeness (QED) is 0.814. The third kappa shape index (κ3) is 4.04. The number of methoxy groups -OCH3 is 1. The summed E-state index contributed by atoms with van der Waals surface area (Å²) < 4.78 is 45.6. The number of hydrogen-bond donors (Lipinski definition) is 0.